The van der Waals surface area contributed by atoms with Crippen molar-refractivity contribution in [1.29, 1.82) is 0 Å². The lowest BCUT2D eigenvalue weighted by atomic mass is 9.99. The first-order chi connectivity index (χ1) is 7.38. The van der Waals surface area contributed by atoms with Crippen molar-refractivity contribution in [2.24, 2.45) is 11.7 Å². The van der Waals surface area contributed by atoms with E-state index in [0.29, 0.717) is 12.8 Å². The molecular weight excluding hydrogens is 208 g/mol. The van der Waals surface area contributed by atoms with Gasteiger partial charge < -0.3 is 16.2 Å². The quantitative estimate of drug-likeness (QED) is 0.601. The number of nitrogens with one attached hydrogen (secondary N) is 1. The van der Waals surface area contributed by atoms with Crippen LogP contribution in [0.4, 0.5) is 0 Å². The maximum absolute atomic E-state index is 11.5. The van der Waals surface area contributed by atoms with E-state index >= 15 is 0 Å². The first-order valence-electron chi connectivity index (χ1n) is 5.66. The topological polar surface area (TPSA) is 92.4 Å². The Morgan fingerprint density at radius 2 is 1.94 bits per heavy atom. The second-order valence-corrected chi connectivity index (χ2v) is 4.28. The number of hydrogen-bond acceptors (Lipinski definition) is 3. The molecule has 1 amide bonds. The van der Waals surface area contributed by atoms with Gasteiger partial charge in [0, 0.05) is 12.5 Å². The van der Waals surface area contributed by atoms with Crippen LogP contribution in [-0.4, -0.2) is 29.1 Å². The molecule has 0 radical (unpaired) electrons. The number of amides is 1. The minimum atomic E-state index is -0.983. The minimum Gasteiger partial charge on any atom is -0.480 e. The molecule has 0 aliphatic rings. The average molecular weight is 230 g/mol. The zero-order valence-corrected chi connectivity index (χ0v) is 10.2. The van der Waals surface area contributed by atoms with E-state index in [9.17, 15) is 9.59 Å². The Morgan fingerprint density at radius 1 is 1.38 bits per heavy atom. The van der Waals surface area contributed by atoms with E-state index in [2.05, 4.69) is 5.32 Å². The molecule has 5 heteroatoms. The molecule has 0 aliphatic carbocycles. The molecular formula is C11H22N2O3. The highest BCUT2D eigenvalue weighted by Gasteiger charge is 2.24. The second kappa shape index (κ2) is 7.22. The summed E-state index contributed by atoms with van der Waals surface area (Å²) in [4.78, 5) is 22.4. The molecule has 0 aromatic heterocycles. The summed E-state index contributed by atoms with van der Waals surface area (Å²) < 4.78 is 0. The highest BCUT2D eigenvalue weighted by atomic mass is 16.4. The van der Waals surface area contributed by atoms with Crippen molar-refractivity contribution in [3.8, 4) is 0 Å². The predicted octanol–water partition coefficient (Wildman–Crippen LogP) is 0.729. The molecule has 94 valence electrons. The Labute approximate surface area is 96.4 Å². The van der Waals surface area contributed by atoms with Crippen LogP contribution in [0.15, 0.2) is 0 Å². The SMILES string of the molecule is CCC(C)C(NC(=O)CCC(C)N)C(=O)O. The molecule has 4 N–H and O–H groups in total. The van der Waals surface area contributed by atoms with E-state index in [-0.39, 0.29) is 24.3 Å². The molecule has 0 bridgehead atoms. The standard InChI is InChI=1S/C11H22N2O3/c1-4-7(2)10(11(15)16)13-9(14)6-5-8(3)12/h7-8,10H,4-6,12H2,1-3H3,(H,13,14)(H,15,16). The minimum absolute atomic E-state index is 0.0439. The van der Waals surface area contributed by atoms with E-state index in [1.165, 1.54) is 0 Å². The van der Waals surface area contributed by atoms with Crippen molar-refractivity contribution < 1.29 is 14.7 Å². The number of rotatable bonds is 7. The largest absolute Gasteiger partial charge is 0.480 e. The van der Waals surface area contributed by atoms with Gasteiger partial charge in [-0.3, -0.25) is 4.79 Å². The van der Waals surface area contributed by atoms with Crippen LogP contribution >= 0.6 is 0 Å². The van der Waals surface area contributed by atoms with Gasteiger partial charge in [-0.15, -0.1) is 0 Å². The smallest absolute Gasteiger partial charge is 0.326 e. The lowest BCUT2D eigenvalue weighted by Crippen LogP contribution is -2.45. The molecule has 0 aliphatic heterocycles. The van der Waals surface area contributed by atoms with Gasteiger partial charge in [0.1, 0.15) is 6.04 Å². The van der Waals surface area contributed by atoms with Gasteiger partial charge in [0.25, 0.3) is 0 Å². The Bertz CT molecular complexity index is 241. The third kappa shape index (κ3) is 5.70. The third-order valence-corrected chi connectivity index (χ3v) is 2.62. The molecule has 3 atom stereocenters. The zero-order valence-electron chi connectivity index (χ0n) is 10.2. The molecule has 0 fully saturated rings. The normalized spacial score (nSPS) is 16.2. The fourth-order valence-electron chi connectivity index (χ4n) is 1.29. The Balaban J connectivity index is 4.19. The van der Waals surface area contributed by atoms with Crippen LogP contribution in [0, 0.1) is 5.92 Å². The van der Waals surface area contributed by atoms with E-state index in [4.69, 9.17) is 10.8 Å². The highest BCUT2D eigenvalue weighted by Crippen LogP contribution is 2.08. The summed E-state index contributed by atoms with van der Waals surface area (Å²) in [6.07, 6.45) is 1.56. The Morgan fingerprint density at radius 3 is 2.31 bits per heavy atom. The number of carboxylic acids is 1. The van der Waals surface area contributed by atoms with Crippen LogP contribution in [0.25, 0.3) is 0 Å². The second-order valence-electron chi connectivity index (χ2n) is 4.28. The van der Waals surface area contributed by atoms with Gasteiger partial charge in [0.2, 0.25) is 5.91 Å². The summed E-state index contributed by atoms with van der Waals surface area (Å²) >= 11 is 0. The van der Waals surface area contributed by atoms with Crippen LogP contribution in [-0.2, 0) is 9.59 Å². The summed E-state index contributed by atoms with van der Waals surface area (Å²) in [5, 5.41) is 11.5. The van der Waals surface area contributed by atoms with Crippen molar-refractivity contribution in [1.82, 2.24) is 5.32 Å². The first-order valence-corrected chi connectivity index (χ1v) is 5.66. The molecule has 0 saturated carbocycles. The maximum atomic E-state index is 11.5. The number of hydrogen-bond donors (Lipinski definition) is 3. The molecule has 3 unspecified atom stereocenters. The van der Waals surface area contributed by atoms with Gasteiger partial charge in [-0.25, -0.2) is 4.79 Å². The number of nitrogens with two attached hydrogens (primary N) is 1. The number of carboxylic acid groups (broad SMARTS) is 1. The van der Waals surface area contributed by atoms with Crippen LogP contribution in [0.5, 0.6) is 0 Å². The average Bonchev–Trinajstić information content (AvgIpc) is 2.21. The summed E-state index contributed by atoms with van der Waals surface area (Å²) in [5.41, 5.74) is 5.52. The zero-order chi connectivity index (χ0) is 12.7. The van der Waals surface area contributed by atoms with Crippen molar-refractivity contribution in [3.05, 3.63) is 0 Å². The molecule has 0 heterocycles. The molecule has 0 aromatic carbocycles. The van der Waals surface area contributed by atoms with E-state index in [1.807, 2.05) is 20.8 Å². The van der Waals surface area contributed by atoms with Gasteiger partial charge in [-0.1, -0.05) is 20.3 Å². The van der Waals surface area contributed by atoms with Crippen LogP contribution in [0.2, 0.25) is 0 Å². The van der Waals surface area contributed by atoms with Crippen LogP contribution in [0.3, 0.4) is 0 Å². The highest BCUT2D eigenvalue weighted by molar-refractivity contribution is 5.83. The van der Waals surface area contributed by atoms with Crippen molar-refractivity contribution in [3.63, 3.8) is 0 Å². The fourth-order valence-corrected chi connectivity index (χ4v) is 1.29. The molecule has 5 nitrogen and oxygen atoms in total. The number of aliphatic carboxylic acids is 1. The Kier molecular flexibility index (Phi) is 6.72. The number of carbonyl (C=O) groups excluding carboxylic acids is 1. The number of carbonyl (C=O) groups is 2. The van der Waals surface area contributed by atoms with Gasteiger partial charge in [-0.2, -0.15) is 0 Å². The van der Waals surface area contributed by atoms with Crippen molar-refractivity contribution in [2.75, 3.05) is 0 Å². The van der Waals surface area contributed by atoms with E-state index < -0.39 is 12.0 Å². The van der Waals surface area contributed by atoms with Gasteiger partial charge in [-0.05, 0) is 19.3 Å². The lowest BCUT2D eigenvalue weighted by Gasteiger charge is -2.20. The lowest BCUT2D eigenvalue weighted by molar-refractivity contribution is -0.143. The third-order valence-electron chi connectivity index (χ3n) is 2.62. The van der Waals surface area contributed by atoms with Crippen molar-refractivity contribution in [2.45, 2.75) is 52.1 Å². The van der Waals surface area contributed by atoms with Gasteiger partial charge in [0.15, 0.2) is 0 Å². The van der Waals surface area contributed by atoms with Gasteiger partial charge in [0.05, 0.1) is 0 Å². The summed E-state index contributed by atoms with van der Waals surface area (Å²) in [7, 11) is 0. The molecule has 16 heavy (non-hydrogen) atoms. The summed E-state index contributed by atoms with van der Waals surface area (Å²) in [6.45, 7) is 5.52. The Hall–Kier alpha value is -1.10. The molecule has 0 aromatic rings. The van der Waals surface area contributed by atoms with Gasteiger partial charge >= 0.3 is 5.97 Å². The van der Waals surface area contributed by atoms with Crippen LogP contribution in [0.1, 0.15) is 40.0 Å². The monoisotopic (exact) mass is 230 g/mol. The molecule has 0 saturated heterocycles. The van der Waals surface area contributed by atoms with Crippen molar-refractivity contribution >= 4 is 11.9 Å². The molecule has 0 rings (SSSR count). The summed E-state index contributed by atoms with van der Waals surface area (Å²) in [6, 6.07) is -0.844. The molecule has 0 spiro atoms. The predicted molar refractivity (Wildman–Crippen MR) is 61.9 cm³/mol. The fraction of sp³-hybridized carbons (Fsp3) is 0.818. The van der Waals surface area contributed by atoms with Crippen LogP contribution < -0.4 is 11.1 Å². The van der Waals surface area contributed by atoms with E-state index in [0.717, 1.165) is 0 Å². The maximum Gasteiger partial charge on any atom is 0.326 e. The first kappa shape index (κ1) is 14.9. The summed E-state index contributed by atoms with van der Waals surface area (Å²) in [5.74, 6) is -1.30. The van der Waals surface area contributed by atoms with E-state index in [1.54, 1.807) is 0 Å².